The second-order valence-corrected chi connectivity index (χ2v) is 16.8. The molecule has 2 N–H and O–H groups in total. The second kappa shape index (κ2) is 17.3. The third-order valence-electron chi connectivity index (χ3n) is 10.6. The molecule has 2 atom stereocenters. The molecular formula is C46H42N10O2S2. The van der Waals surface area contributed by atoms with Crippen LogP contribution in [0.15, 0.2) is 122 Å². The van der Waals surface area contributed by atoms with Crippen LogP contribution in [0.4, 0.5) is 22.2 Å². The molecule has 2 aliphatic rings. The van der Waals surface area contributed by atoms with Crippen LogP contribution in [0.2, 0.25) is 0 Å². The fourth-order valence-corrected chi connectivity index (χ4v) is 9.83. The van der Waals surface area contributed by atoms with E-state index in [1.54, 1.807) is 0 Å². The van der Waals surface area contributed by atoms with E-state index in [0.29, 0.717) is 22.3 Å². The summed E-state index contributed by atoms with van der Waals surface area (Å²) in [6, 6.07) is 37.8. The second-order valence-electron chi connectivity index (χ2n) is 14.8. The van der Waals surface area contributed by atoms with Crippen LogP contribution in [0.1, 0.15) is 62.7 Å². The Morgan fingerprint density at radius 1 is 0.567 bits per heavy atom. The lowest BCUT2D eigenvalue weighted by Crippen LogP contribution is -2.24. The van der Waals surface area contributed by atoms with Crippen molar-refractivity contribution in [3.63, 3.8) is 0 Å². The Morgan fingerprint density at radius 2 is 1.00 bits per heavy atom. The molecule has 10 rings (SSSR count). The zero-order valence-corrected chi connectivity index (χ0v) is 34.8. The minimum absolute atomic E-state index is 0.117. The molecule has 2 aliphatic heterocycles. The van der Waals surface area contributed by atoms with Crippen molar-refractivity contribution in [2.24, 2.45) is 0 Å². The molecule has 12 nitrogen and oxygen atoms in total. The molecule has 14 heteroatoms. The van der Waals surface area contributed by atoms with Gasteiger partial charge in [0.05, 0.1) is 43.9 Å². The van der Waals surface area contributed by atoms with E-state index in [-0.39, 0.29) is 11.8 Å². The van der Waals surface area contributed by atoms with Crippen LogP contribution >= 0.6 is 22.7 Å². The standard InChI is InChI=1S/2C23H21N5OS/c2*1-15(29)25-23-27-19-10-9-17(14-21(19)30-23)18-11-12-24-22(26-18)28-13-5-8-20(28)16-6-3-2-4-7-16/h2*2-4,6-7,9-12,14,20H,5,8,13H2,1H3,(H,25,27,29)/t2*20-/m10/s1. The van der Waals surface area contributed by atoms with Crippen LogP contribution in [0.25, 0.3) is 42.9 Å². The molecule has 0 spiro atoms. The Bertz CT molecular complexity index is 2600. The van der Waals surface area contributed by atoms with Gasteiger partial charge in [0.15, 0.2) is 10.3 Å². The van der Waals surface area contributed by atoms with Gasteiger partial charge in [0, 0.05) is 50.5 Å². The number of hydrogen-bond acceptors (Lipinski definition) is 12. The van der Waals surface area contributed by atoms with Gasteiger partial charge in [-0.1, -0.05) is 95.5 Å². The van der Waals surface area contributed by atoms with Gasteiger partial charge in [-0.25, -0.2) is 29.9 Å². The number of amides is 2. The van der Waals surface area contributed by atoms with Crippen LogP contribution in [-0.4, -0.2) is 54.8 Å². The molecule has 60 heavy (non-hydrogen) atoms. The SMILES string of the molecule is CC(=O)Nc1nc2ccc(-c3ccnc(N4CCC[C@@H]4c4ccccc4)n3)cc2s1.CC(=O)Nc1nc2ccc(-c3ccnc(N4CCC[C@H]4c4ccccc4)n3)cc2s1. The number of anilines is 4. The van der Waals surface area contributed by atoms with Gasteiger partial charge < -0.3 is 20.4 Å². The summed E-state index contributed by atoms with van der Waals surface area (Å²) in [4.78, 5) is 55.1. The fourth-order valence-electron chi connectivity index (χ4n) is 7.93. The highest BCUT2D eigenvalue weighted by molar-refractivity contribution is 7.22. The topological polar surface area (TPSA) is 142 Å². The van der Waals surface area contributed by atoms with Gasteiger partial charge in [0.1, 0.15) is 0 Å². The molecule has 300 valence electrons. The van der Waals surface area contributed by atoms with E-state index < -0.39 is 0 Å². The summed E-state index contributed by atoms with van der Waals surface area (Å²) in [5.74, 6) is 1.30. The molecular weight excluding hydrogens is 789 g/mol. The van der Waals surface area contributed by atoms with Crippen molar-refractivity contribution in [1.82, 2.24) is 29.9 Å². The Balaban J connectivity index is 0.000000154. The first-order valence-corrected chi connectivity index (χ1v) is 21.6. The maximum absolute atomic E-state index is 11.3. The van der Waals surface area contributed by atoms with E-state index in [0.717, 1.165) is 93.6 Å². The minimum atomic E-state index is -0.117. The molecule has 2 fully saturated rings. The highest BCUT2D eigenvalue weighted by atomic mass is 32.1. The third-order valence-corrected chi connectivity index (χ3v) is 12.5. The maximum Gasteiger partial charge on any atom is 0.226 e. The van der Waals surface area contributed by atoms with Crippen molar-refractivity contribution in [2.75, 3.05) is 33.5 Å². The van der Waals surface area contributed by atoms with Crippen LogP contribution in [-0.2, 0) is 9.59 Å². The number of rotatable bonds is 8. The lowest BCUT2D eigenvalue weighted by molar-refractivity contribution is -0.115. The van der Waals surface area contributed by atoms with Crippen molar-refractivity contribution >= 4 is 77.1 Å². The predicted octanol–water partition coefficient (Wildman–Crippen LogP) is 10.1. The summed E-state index contributed by atoms with van der Waals surface area (Å²) < 4.78 is 2.03. The Morgan fingerprint density at radius 3 is 1.42 bits per heavy atom. The lowest BCUT2D eigenvalue weighted by atomic mass is 10.1. The number of hydrogen-bond donors (Lipinski definition) is 2. The summed E-state index contributed by atoms with van der Waals surface area (Å²) in [5, 5.41) is 6.74. The van der Waals surface area contributed by atoms with Crippen LogP contribution in [0, 0.1) is 0 Å². The number of thiazole rings is 2. The summed E-state index contributed by atoms with van der Waals surface area (Å²) in [5.41, 5.74) is 8.14. The molecule has 6 heterocycles. The maximum atomic E-state index is 11.3. The molecule has 2 amide bonds. The third kappa shape index (κ3) is 8.56. The average Bonchev–Trinajstić information content (AvgIpc) is 4.10. The van der Waals surface area contributed by atoms with Gasteiger partial charge >= 0.3 is 0 Å². The van der Waals surface area contributed by atoms with Crippen molar-refractivity contribution in [2.45, 2.75) is 51.6 Å². The Hall–Kier alpha value is -6.64. The van der Waals surface area contributed by atoms with Crippen molar-refractivity contribution in [1.29, 1.82) is 0 Å². The first-order chi connectivity index (χ1) is 29.3. The summed E-state index contributed by atoms with van der Waals surface area (Å²) >= 11 is 2.93. The van der Waals surface area contributed by atoms with Gasteiger partial charge in [-0.15, -0.1) is 0 Å². The van der Waals surface area contributed by atoms with Crippen molar-refractivity contribution < 1.29 is 9.59 Å². The molecule has 2 saturated heterocycles. The zero-order valence-electron chi connectivity index (χ0n) is 33.2. The smallest absolute Gasteiger partial charge is 0.226 e. The molecule has 0 saturated carbocycles. The minimum Gasteiger partial charge on any atom is -0.334 e. The highest BCUT2D eigenvalue weighted by Gasteiger charge is 2.29. The van der Waals surface area contributed by atoms with Crippen LogP contribution in [0.3, 0.4) is 0 Å². The first kappa shape index (κ1) is 38.9. The zero-order chi connectivity index (χ0) is 41.0. The van der Waals surface area contributed by atoms with Crippen LogP contribution < -0.4 is 20.4 Å². The average molecular weight is 831 g/mol. The monoisotopic (exact) mass is 830 g/mol. The van der Waals surface area contributed by atoms with Gasteiger partial charge in [-0.2, -0.15) is 0 Å². The number of nitrogens with one attached hydrogen (secondary N) is 2. The van der Waals surface area contributed by atoms with E-state index in [9.17, 15) is 9.59 Å². The molecule has 8 aromatic rings. The first-order valence-electron chi connectivity index (χ1n) is 20.0. The van der Waals surface area contributed by atoms with Crippen molar-refractivity contribution in [3.8, 4) is 22.5 Å². The van der Waals surface area contributed by atoms with E-state index >= 15 is 0 Å². The molecule has 4 aromatic heterocycles. The number of carbonyl (C=O) groups excluding carboxylic acids is 2. The lowest BCUT2D eigenvalue weighted by Gasteiger charge is -2.25. The van der Waals surface area contributed by atoms with E-state index in [1.165, 1.54) is 47.6 Å². The van der Waals surface area contributed by atoms with Gasteiger partial charge in [0.2, 0.25) is 23.7 Å². The number of aromatic nitrogens is 6. The number of benzene rings is 4. The summed E-state index contributed by atoms with van der Waals surface area (Å²) in [7, 11) is 0. The molecule has 4 aromatic carbocycles. The number of nitrogens with zero attached hydrogens (tertiary/aromatic N) is 8. The van der Waals surface area contributed by atoms with E-state index in [4.69, 9.17) is 9.97 Å². The molecule has 0 radical (unpaired) electrons. The number of fused-ring (bicyclic) bond motifs is 2. The van der Waals surface area contributed by atoms with Crippen LogP contribution in [0.5, 0.6) is 0 Å². The van der Waals surface area contributed by atoms with Gasteiger partial charge in [-0.05, 0) is 73.2 Å². The Labute approximate surface area is 355 Å². The van der Waals surface area contributed by atoms with Gasteiger partial charge in [0.25, 0.3) is 0 Å². The molecule has 0 bridgehead atoms. The normalized spacial score (nSPS) is 16.2. The quantitative estimate of drug-likeness (QED) is 0.152. The van der Waals surface area contributed by atoms with E-state index in [1.807, 2.05) is 60.9 Å². The fraction of sp³-hybridized carbons (Fsp3) is 0.217. The number of carbonyl (C=O) groups is 2. The molecule has 0 unspecified atom stereocenters. The Kier molecular flexibility index (Phi) is 11.2. The predicted molar refractivity (Wildman–Crippen MR) is 241 cm³/mol. The summed E-state index contributed by atoms with van der Waals surface area (Å²) in [6.45, 7) is 4.88. The molecule has 0 aliphatic carbocycles. The largest absolute Gasteiger partial charge is 0.334 e. The summed E-state index contributed by atoms with van der Waals surface area (Å²) in [6.07, 6.45) is 8.14. The van der Waals surface area contributed by atoms with Gasteiger partial charge in [-0.3, -0.25) is 9.59 Å². The van der Waals surface area contributed by atoms with E-state index in [2.05, 4.69) is 101 Å². The highest BCUT2D eigenvalue weighted by Crippen LogP contribution is 2.37. The van der Waals surface area contributed by atoms with Crippen molar-refractivity contribution in [3.05, 3.63) is 133 Å².